The first-order valence-electron chi connectivity index (χ1n) is 14.2. The van der Waals surface area contributed by atoms with Gasteiger partial charge >= 0.3 is 0 Å². The van der Waals surface area contributed by atoms with Crippen LogP contribution in [0.3, 0.4) is 0 Å². The normalized spacial score (nSPS) is 13.3. The number of nitrogens with zero attached hydrogens (tertiary/aromatic N) is 3. The van der Waals surface area contributed by atoms with Crippen LogP contribution in [0.15, 0.2) is 78.9 Å². The van der Waals surface area contributed by atoms with Crippen LogP contribution in [0.25, 0.3) is 0 Å². The molecule has 0 radical (unpaired) electrons. The molecule has 0 unspecified atom stereocenters. The second-order valence-corrected chi connectivity index (χ2v) is 12.4. The van der Waals surface area contributed by atoms with Gasteiger partial charge in [-0.1, -0.05) is 92.0 Å². The van der Waals surface area contributed by atoms with Crippen molar-refractivity contribution in [3.05, 3.63) is 107 Å². The first-order chi connectivity index (χ1) is 21.7. The van der Waals surface area contributed by atoms with Crippen molar-refractivity contribution < 1.29 is 33.6 Å². The Morgan fingerprint density at radius 1 is 0.600 bits per heavy atom. The van der Waals surface area contributed by atoms with E-state index in [4.69, 9.17) is 0 Å². The average molecular weight is 646 g/mol. The Balaban J connectivity index is 0.000000231. The van der Waals surface area contributed by atoms with Gasteiger partial charge in [0, 0.05) is 6.54 Å². The van der Waals surface area contributed by atoms with Gasteiger partial charge in [-0.25, -0.2) is 0 Å². The lowest BCUT2D eigenvalue weighted by Gasteiger charge is -2.22. The quantitative estimate of drug-likeness (QED) is 0.286. The molecule has 0 N–H and O–H groups in total. The monoisotopic (exact) mass is 645 g/mol. The molecular weight excluding hydrogens is 615 g/mol. The summed E-state index contributed by atoms with van der Waals surface area (Å²) in [5, 5.41) is -0.371. The van der Waals surface area contributed by atoms with Crippen molar-refractivity contribution in [1.82, 2.24) is 14.7 Å². The maximum absolute atomic E-state index is 12.6. The number of amides is 5. The smallest absolute Gasteiger partial charge is 0.282 e. The molecule has 2 aliphatic rings. The molecule has 3 aromatic rings. The van der Waals surface area contributed by atoms with E-state index in [1.807, 2.05) is 44.2 Å². The van der Waals surface area contributed by atoms with Crippen LogP contribution in [0.4, 0.5) is 4.79 Å². The van der Waals surface area contributed by atoms with Crippen molar-refractivity contribution in [2.24, 2.45) is 0 Å². The van der Waals surface area contributed by atoms with E-state index in [-0.39, 0.29) is 47.6 Å². The standard InChI is InChI=1S/C21H20N2O4S.C12H11NO3S/c1-2-28-21(27)22(12-15-8-4-3-5-9-15)13-16(24)14-23-19(25)17-10-6-7-11-18(17)20(23)26;1-2-17-10(14)7-13-11(15)8-5-3-4-6-9(8)12(13)16/h3-11H,2,12-14H2,1H3;3-6H,2,7H2,1H3. The summed E-state index contributed by atoms with van der Waals surface area (Å²) >= 11 is 2.24. The van der Waals surface area contributed by atoms with E-state index in [9.17, 15) is 33.6 Å². The summed E-state index contributed by atoms with van der Waals surface area (Å²) in [5.41, 5.74) is 2.28. The van der Waals surface area contributed by atoms with Gasteiger partial charge in [0.2, 0.25) is 5.12 Å². The van der Waals surface area contributed by atoms with Gasteiger partial charge in [0.1, 0.15) is 0 Å². The van der Waals surface area contributed by atoms with Crippen LogP contribution >= 0.6 is 23.5 Å². The summed E-state index contributed by atoms with van der Waals surface area (Å²) in [5.74, 6) is -0.837. The van der Waals surface area contributed by atoms with Gasteiger partial charge in [-0.3, -0.25) is 43.4 Å². The van der Waals surface area contributed by atoms with Gasteiger partial charge < -0.3 is 4.90 Å². The van der Waals surface area contributed by atoms with Crippen LogP contribution in [0.2, 0.25) is 0 Å². The highest BCUT2D eigenvalue weighted by molar-refractivity contribution is 8.13. The summed E-state index contributed by atoms with van der Waals surface area (Å²) in [6.07, 6.45) is 0. The zero-order chi connectivity index (χ0) is 32.5. The predicted octanol–water partition coefficient (Wildman–Crippen LogP) is 4.79. The van der Waals surface area contributed by atoms with Crippen molar-refractivity contribution >= 4 is 63.3 Å². The zero-order valence-corrected chi connectivity index (χ0v) is 26.4. The van der Waals surface area contributed by atoms with Gasteiger partial charge in [0.25, 0.3) is 28.9 Å². The lowest BCUT2D eigenvalue weighted by molar-refractivity contribution is -0.120. The third kappa shape index (κ3) is 7.95. The molecular formula is C33H31N3O7S2. The second kappa shape index (κ2) is 15.4. The number of hydrogen-bond acceptors (Lipinski definition) is 9. The van der Waals surface area contributed by atoms with Gasteiger partial charge in [-0.05, 0) is 41.3 Å². The van der Waals surface area contributed by atoms with Gasteiger partial charge in [0.15, 0.2) is 5.78 Å². The van der Waals surface area contributed by atoms with Crippen LogP contribution in [0.1, 0.15) is 60.8 Å². The summed E-state index contributed by atoms with van der Waals surface area (Å²) in [6, 6.07) is 22.5. The maximum atomic E-state index is 12.6. The fourth-order valence-electron chi connectivity index (χ4n) is 4.74. The molecule has 0 spiro atoms. The molecule has 0 bridgehead atoms. The molecule has 232 valence electrons. The molecule has 10 nitrogen and oxygen atoms in total. The van der Waals surface area contributed by atoms with Crippen molar-refractivity contribution in [2.75, 3.05) is 31.1 Å². The van der Waals surface area contributed by atoms with Crippen LogP contribution in [0, 0.1) is 0 Å². The summed E-state index contributed by atoms with van der Waals surface area (Å²) < 4.78 is 0. The minimum atomic E-state index is -0.474. The molecule has 0 aromatic heterocycles. The molecule has 3 aromatic carbocycles. The highest BCUT2D eigenvalue weighted by atomic mass is 32.2. The van der Waals surface area contributed by atoms with E-state index in [0.717, 1.165) is 38.9 Å². The lowest BCUT2D eigenvalue weighted by Crippen LogP contribution is -2.40. The third-order valence-electron chi connectivity index (χ3n) is 6.79. The average Bonchev–Trinajstić information content (AvgIpc) is 3.42. The number of thioether (sulfide) groups is 2. The minimum Gasteiger partial charge on any atom is -0.322 e. The number of benzene rings is 3. The number of carbonyl (C=O) groups excluding carboxylic acids is 7. The SMILES string of the molecule is CCSC(=O)CN1C(=O)c2ccccc2C1=O.CCSC(=O)N(CC(=O)CN1C(=O)c2ccccc2C1=O)Cc1ccccc1. The number of ketones is 1. The largest absolute Gasteiger partial charge is 0.322 e. The zero-order valence-electron chi connectivity index (χ0n) is 24.8. The fraction of sp³-hybridized carbons (Fsp3) is 0.242. The van der Waals surface area contributed by atoms with E-state index in [2.05, 4.69) is 0 Å². The molecule has 0 saturated heterocycles. The number of imide groups is 2. The Labute approximate surface area is 269 Å². The fourth-order valence-corrected chi connectivity index (χ4v) is 5.84. The molecule has 12 heteroatoms. The molecule has 45 heavy (non-hydrogen) atoms. The first-order valence-corrected chi connectivity index (χ1v) is 16.2. The lowest BCUT2D eigenvalue weighted by atomic mass is 10.1. The van der Waals surface area contributed by atoms with Crippen molar-refractivity contribution in [3.8, 4) is 0 Å². The highest BCUT2D eigenvalue weighted by Gasteiger charge is 2.37. The number of Topliss-reactive ketones (excluding diaryl/α,β-unsaturated/α-hetero) is 1. The molecule has 0 aliphatic carbocycles. The minimum absolute atomic E-state index is 0.148. The number of hydrogen-bond donors (Lipinski definition) is 0. The summed E-state index contributed by atoms with van der Waals surface area (Å²) in [7, 11) is 0. The van der Waals surface area contributed by atoms with E-state index >= 15 is 0 Å². The van der Waals surface area contributed by atoms with Gasteiger partial charge in [-0.15, -0.1) is 0 Å². The molecule has 2 heterocycles. The molecule has 0 fully saturated rings. The Hall–Kier alpha value is -4.55. The Bertz CT molecular complexity index is 1570. The highest BCUT2D eigenvalue weighted by Crippen LogP contribution is 2.24. The van der Waals surface area contributed by atoms with E-state index in [1.54, 1.807) is 48.5 Å². The van der Waals surface area contributed by atoms with Crippen LogP contribution < -0.4 is 0 Å². The Kier molecular flexibility index (Phi) is 11.4. The number of carbonyl (C=O) groups is 7. The topological polar surface area (TPSA) is 129 Å². The summed E-state index contributed by atoms with van der Waals surface area (Å²) in [4.78, 5) is 88.5. The van der Waals surface area contributed by atoms with Crippen molar-refractivity contribution in [1.29, 1.82) is 0 Å². The van der Waals surface area contributed by atoms with E-state index in [1.165, 1.54) is 4.90 Å². The molecule has 0 saturated carbocycles. The van der Waals surface area contributed by atoms with Crippen molar-refractivity contribution in [3.63, 3.8) is 0 Å². The van der Waals surface area contributed by atoms with Crippen molar-refractivity contribution in [2.45, 2.75) is 20.4 Å². The molecule has 2 aliphatic heterocycles. The Morgan fingerprint density at radius 3 is 1.47 bits per heavy atom. The van der Waals surface area contributed by atoms with Crippen LogP contribution in [-0.4, -0.2) is 85.6 Å². The maximum Gasteiger partial charge on any atom is 0.282 e. The predicted molar refractivity (Wildman–Crippen MR) is 172 cm³/mol. The van der Waals surface area contributed by atoms with Crippen LogP contribution in [0.5, 0.6) is 0 Å². The van der Waals surface area contributed by atoms with E-state index in [0.29, 0.717) is 40.3 Å². The Morgan fingerprint density at radius 2 is 1.02 bits per heavy atom. The molecule has 5 rings (SSSR count). The van der Waals surface area contributed by atoms with Gasteiger partial charge in [0.05, 0.1) is 41.9 Å². The number of rotatable bonds is 10. The number of fused-ring (bicyclic) bond motifs is 2. The first kappa shape index (κ1) is 33.3. The molecule has 5 amide bonds. The molecule has 0 atom stereocenters. The second-order valence-electron chi connectivity index (χ2n) is 9.87. The van der Waals surface area contributed by atoms with Crippen LogP contribution in [-0.2, 0) is 16.1 Å². The third-order valence-corrected chi connectivity index (χ3v) is 8.33. The summed E-state index contributed by atoms with van der Waals surface area (Å²) in [6.45, 7) is 3.36. The van der Waals surface area contributed by atoms with Gasteiger partial charge in [-0.2, -0.15) is 0 Å². The van der Waals surface area contributed by atoms with E-state index < -0.39 is 11.8 Å².